The number of amides is 2. The van der Waals surface area contributed by atoms with Gasteiger partial charge in [-0.15, -0.1) is 11.3 Å². The molecule has 2 heterocycles. The van der Waals surface area contributed by atoms with E-state index < -0.39 is 5.97 Å². The van der Waals surface area contributed by atoms with Crippen LogP contribution >= 0.6 is 11.3 Å². The van der Waals surface area contributed by atoms with E-state index in [-0.39, 0.29) is 36.8 Å². The summed E-state index contributed by atoms with van der Waals surface area (Å²) in [5, 5.41) is 0.697. The molecule has 2 atom stereocenters. The van der Waals surface area contributed by atoms with Crippen LogP contribution in [0.5, 0.6) is 0 Å². The Morgan fingerprint density at radius 3 is 2.52 bits per heavy atom. The molecule has 2 aromatic rings. The number of likely N-dealkylation sites (tertiary alicyclic amines) is 1. The molecule has 2 aliphatic rings. The Kier molecular flexibility index (Phi) is 4.25. The maximum absolute atomic E-state index is 12.4. The molecule has 2 amide bonds. The summed E-state index contributed by atoms with van der Waals surface area (Å²) in [6.45, 7) is -0.239. The van der Waals surface area contributed by atoms with Crippen LogP contribution in [0.4, 0.5) is 0 Å². The molecule has 6 nitrogen and oxygen atoms in total. The van der Waals surface area contributed by atoms with Gasteiger partial charge >= 0.3 is 5.97 Å². The highest BCUT2D eigenvalue weighted by Gasteiger charge is 2.48. The van der Waals surface area contributed by atoms with Gasteiger partial charge in [0.15, 0.2) is 0 Å². The van der Waals surface area contributed by atoms with Crippen LogP contribution in [-0.2, 0) is 25.7 Å². The molecule has 7 heteroatoms. The average molecular weight is 358 g/mol. The second-order valence-electron chi connectivity index (χ2n) is 6.50. The second-order valence-corrected chi connectivity index (χ2v) is 7.61. The topological polar surface area (TPSA) is 76.6 Å². The van der Waals surface area contributed by atoms with Gasteiger partial charge in [0.05, 0.1) is 22.1 Å². The standard InChI is InChI=1S/C18H18N2O4S/c21-16(24-10-15-19-13-7-3-4-8-14(13)25-15)9-20-17(22)11-5-1-2-6-12(11)18(20)23/h3-4,7-8,11-12H,1-2,5-6,9-10H2/t11-,12+. The molecule has 1 aromatic heterocycles. The number of hydrogen-bond acceptors (Lipinski definition) is 6. The van der Waals surface area contributed by atoms with Gasteiger partial charge in [0.2, 0.25) is 11.8 Å². The fourth-order valence-electron chi connectivity index (χ4n) is 3.69. The van der Waals surface area contributed by atoms with Gasteiger partial charge in [-0.1, -0.05) is 25.0 Å². The Hall–Kier alpha value is -2.28. The lowest BCUT2D eigenvalue weighted by atomic mass is 9.81. The van der Waals surface area contributed by atoms with E-state index in [0.717, 1.165) is 40.8 Å². The fourth-order valence-corrected chi connectivity index (χ4v) is 4.57. The number of ether oxygens (including phenoxy) is 1. The van der Waals surface area contributed by atoms with E-state index in [1.807, 2.05) is 24.3 Å². The number of aromatic nitrogens is 1. The summed E-state index contributed by atoms with van der Waals surface area (Å²) in [5.41, 5.74) is 0.868. The highest BCUT2D eigenvalue weighted by Crippen LogP contribution is 2.37. The molecule has 4 rings (SSSR count). The monoisotopic (exact) mass is 358 g/mol. The van der Waals surface area contributed by atoms with E-state index >= 15 is 0 Å². The van der Waals surface area contributed by atoms with Crippen molar-refractivity contribution in [1.29, 1.82) is 0 Å². The summed E-state index contributed by atoms with van der Waals surface area (Å²) in [5.74, 6) is -1.48. The number of rotatable bonds is 4. The van der Waals surface area contributed by atoms with Gasteiger partial charge in [-0.2, -0.15) is 0 Å². The third-order valence-electron chi connectivity index (χ3n) is 4.91. The first-order chi connectivity index (χ1) is 12.1. The number of thiazole rings is 1. The molecule has 1 aromatic carbocycles. The van der Waals surface area contributed by atoms with Gasteiger partial charge in [0, 0.05) is 0 Å². The molecule has 0 radical (unpaired) electrons. The zero-order valence-electron chi connectivity index (χ0n) is 13.6. The Morgan fingerprint density at radius 2 is 1.84 bits per heavy atom. The van der Waals surface area contributed by atoms with Crippen LogP contribution in [0.25, 0.3) is 10.2 Å². The number of carbonyl (C=O) groups is 3. The van der Waals surface area contributed by atoms with E-state index in [1.54, 1.807) is 0 Å². The summed E-state index contributed by atoms with van der Waals surface area (Å²) >= 11 is 1.46. The molecule has 0 unspecified atom stereocenters. The highest BCUT2D eigenvalue weighted by atomic mass is 32.1. The third kappa shape index (κ3) is 3.04. The van der Waals surface area contributed by atoms with E-state index in [4.69, 9.17) is 4.74 Å². The molecular formula is C18H18N2O4S. The molecule has 1 aliphatic carbocycles. The molecule has 130 valence electrons. The van der Waals surface area contributed by atoms with Crippen molar-refractivity contribution >= 4 is 39.3 Å². The van der Waals surface area contributed by atoms with Gasteiger partial charge < -0.3 is 4.74 Å². The smallest absolute Gasteiger partial charge is 0.326 e. The van der Waals surface area contributed by atoms with Gasteiger partial charge in [-0.3, -0.25) is 19.3 Å². The number of benzene rings is 1. The number of esters is 1. The van der Waals surface area contributed by atoms with Crippen LogP contribution in [0.3, 0.4) is 0 Å². The lowest BCUT2D eigenvalue weighted by Crippen LogP contribution is -2.36. The molecule has 0 spiro atoms. The number of imide groups is 1. The average Bonchev–Trinajstić information content (AvgIpc) is 3.15. The van der Waals surface area contributed by atoms with E-state index in [0.29, 0.717) is 5.01 Å². The normalized spacial score (nSPS) is 23.1. The first-order valence-electron chi connectivity index (χ1n) is 8.49. The van der Waals surface area contributed by atoms with Crippen LogP contribution in [0.2, 0.25) is 0 Å². The Morgan fingerprint density at radius 1 is 1.16 bits per heavy atom. The van der Waals surface area contributed by atoms with Gasteiger partial charge in [0.1, 0.15) is 18.2 Å². The lowest BCUT2D eigenvalue weighted by Gasteiger charge is -2.19. The van der Waals surface area contributed by atoms with E-state index in [9.17, 15) is 14.4 Å². The van der Waals surface area contributed by atoms with Crippen LogP contribution in [0.15, 0.2) is 24.3 Å². The van der Waals surface area contributed by atoms with Crippen LogP contribution in [0.1, 0.15) is 30.7 Å². The fraction of sp³-hybridized carbons (Fsp3) is 0.444. The third-order valence-corrected chi connectivity index (χ3v) is 5.92. The minimum absolute atomic E-state index is 0.0568. The van der Waals surface area contributed by atoms with Gasteiger partial charge in [0.25, 0.3) is 0 Å². The molecule has 2 fully saturated rings. The summed E-state index contributed by atoms with van der Waals surface area (Å²) in [6, 6.07) is 7.70. The van der Waals surface area contributed by atoms with Crippen molar-refractivity contribution in [2.24, 2.45) is 11.8 Å². The number of carbonyl (C=O) groups excluding carboxylic acids is 3. The number of nitrogens with zero attached hydrogens (tertiary/aromatic N) is 2. The van der Waals surface area contributed by atoms with Crippen molar-refractivity contribution in [1.82, 2.24) is 9.88 Å². The largest absolute Gasteiger partial charge is 0.457 e. The highest BCUT2D eigenvalue weighted by molar-refractivity contribution is 7.18. The minimum atomic E-state index is -0.570. The lowest BCUT2D eigenvalue weighted by molar-refractivity contribution is -0.153. The maximum Gasteiger partial charge on any atom is 0.326 e. The number of para-hydroxylation sites is 1. The summed E-state index contributed by atoms with van der Waals surface area (Å²) in [4.78, 5) is 42.3. The zero-order valence-corrected chi connectivity index (χ0v) is 14.5. The zero-order chi connectivity index (χ0) is 17.4. The Labute approximate surface area is 148 Å². The van der Waals surface area contributed by atoms with E-state index in [2.05, 4.69) is 4.98 Å². The number of hydrogen-bond donors (Lipinski definition) is 0. The SMILES string of the molecule is O=C(CN1C(=O)[C@H]2CCCC[C@H]2C1=O)OCc1nc2ccccc2s1. The maximum atomic E-state index is 12.4. The second kappa shape index (κ2) is 6.55. The quantitative estimate of drug-likeness (QED) is 0.620. The molecule has 0 N–H and O–H groups in total. The summed E-state index contributed by atoms with van der Waals surface area (Å²) in [6.07, 6.45) is 3.42. The van der Waals surface area contributed by atoms with Crippen molar-refractivity contribution in [2.75, 3.05) is 6.54 Å². The molecule has 25 heavy (non-hydrogen) atoms. The minimum Gasteiger partial charge on any atom is -0.457 e. The Bertz CT molecular complexity index is 789. The number of fused-ring (bicyclic) bond motifs is 2. The molecule has 1 aliphatic heterocycles. The first kappa shape index (κ1) is 16.2. The van der Waals surface area contributed by atoms with Crippen molar-refractivity contribution in [2.45, 2.75) is 32.3 Å². The van der Waals surface area contributed by atoms with Crippen molar-refractivity contribution < 1.29 is 19.1 Å². The first-order valence-corrected chi connectivity index (χ1v) is 9.30. The van der Waals surface area contributed by atoms with Crippen molar-refractivity contribution in [3.8, 4) is 0 Å². The molecule has 1 saturated carbocycles. The van der Waals surface area contributed by atoms with E-state index in [1.165, 1.54) is 11.3 Å². The van der Waals surface area contributed by atoms with Gasteiger partial charge in [-0.05, 0) is 25.0 Å². The Balaban J connectivity index is 1.37. The molecular weight excluding hydrogens is 340 g/mol. The summed E-state index contributed by atoms with van der Waals surface area (Å²) in [7, 11) is 0. The molecule has 1 saturated heterocycles. The van der Waals surface area contributed by atoms with Crippen LogP contribution in [0, 0.1) is 11.8 Å². The van der Waals surface area contributed by atoms with Crippen LogP contribution in [-0.4, -0.2) is 34.2 Å². The van der Waals surface area contributed by atoms with Crippen molar-refractivity contribution in [3.63, 3.8) is 0 Å². The summed E-state index contributed by atoms with van der Waals surface area (Å²) < 4.78 is 6.26. The van der Waals surface area contributed by atoms with Crippen molar-refractivity contribution in [3.05, 3.63) is 29.3 Å². The predicted molar refractivity (Wildman–Crippen MR) is 91.6 cm³/mol. The predicted octanol–water partition coefficient (Wildman–Crippen LogP) is 2.51. The van der Waals surface area contributed by atoms with Crippen LogP contribution < -0.4 is 0 Å². The van der Waals surface area contributed by atoms with Gasteiger partial charge in [-0.25, -0.2) is 4.98 Å². The molecule has 0 bridgehead atoms.